The molecule has 2 aromatic rings. The minimum atomic E-state index is 0.538. The summed E-state index contributed by atoms with van der Waals surface area (Å²) in [5, 5.41) is 4.37. The van der Waals surface area contributed by atoms with Gasteiger partial charge in [-0.1, -0.05) is 41.9 Å². The highest BCUT2D eigenvalue weighted by atomic mass is 35.5. The lowest BCUT2D eigenvalue weighted by Gasteiger charge is -2.27. The van der Waals surface area contributed by atoms with Gasteiger partial charge in [-0.05, 0) is 42.2 Å². The van der Waals surface area contributed by atoms with Crippen molar-refractivity contribution < 1.29 is 0 Å². The van der Waals surface area contributed by atoms with Crippen LogP contribution in [0.25, 0.3) is 0 Å². The van der Waals surface area contributed by atoms with Gasteiger partial charge in [0.25, 0.3) is 0 Å². The van der Waals surface area contributed by atoms with Gasteiger partial charge in [-0.25, -0.2) is 0 Å². The monoisotopic (exact) mass is 257 g/mol. The number of hydrogen-bond donors (Lipinski definition) is 1. The van der Waals surface area contributed by atoms with Crippen LogP contribution in [0.1, 0.15) is 22.6 Å². The highest BCUT2D eigenvalue weighted by Crippen LogP contribution is 2.32. The number of nitrogens with one attached hydrogen (secondary N) is 1. The second-order valence-corrected chi connectivity index (χ2v) is 5.38. The third-order valence-corrected chi connectivity index (χ3v) is 3.94. The summed E-state index contributed by atoms with van der Waals surface area (Å²) >= 11 is 5.94. The summed E-state index contributed by atoms with van der Waals surface area (Å²) in [6.45, 7) is 3.16. The topological polar surface area (TPSA) is 12.0 Å². The largest absolute Gasteiger partial charge is 0.384 e. The maximum Gasteiger partial charge on any atom is 0.0406 e. The summed E-state index contributed by atoms with van der Waals surface area (Å²) in [7, 11) is 0. The Balaban J connectivity index is 1.89. The predicted octanol–water partition coefficient (Wildman–Crippen LogP) is 4.40. The van der Waals surface area contributed by atoms with Crippen molar-refractivity contribution in [3.05, 3.63) is 64.2 Å². The summed E-state index contributed by atoms with van der Waals surface area (Å²) in [5.74, 6) is 0.538. The van der Waals surface area contributed by atoms with E-state index in [4.69, 9.17) is 11.6 Å². The minimum Gasteiger partial charge on any atom is -0.384 e. The highest BCUT2D eigenvalue weighted by Gasteiger charge is 2.20. The van der Waals surface area contributed by atoms with E-state index in [0.717, 1.165) is 18.0 Å². The second-order valence-electron chi connectivity index (χ2n) is 4.94. The van der Waals surface area contributed by atoms with Gasteiger partial charge in [-0.2, -0.15) is 0 Å². The maximum absolute atomic E-state index is 5.94. The van der Waals surface area contributed by atoms with Crippen LogP contribution in [0.3, 0.4) is 0 Å². The Labute approximate surface area is 113 Å². The van der Waals surface area contributed by atoms with Crippen molar-refractivity contribution in [2.75, 3.05) is 11.9 Å². The van der Waals surface area contributed by atoms with E-state index in [9.17, 15) is 0 Å². The predicted molar refractivity (Wildman–Crippen MR) is 77.6 cm³/mol. The molecule has 0 aliphatic carbocycles. The number of aryl methyl sites for hydroxylation is 1. The molecule has 0 spiro atoms. The summed E-state index contributed by atoms with van der Waals surface area (Å²) in [4.78, 5) is 0. The van der Waals surface area contributed by atoms with Crippen LogP contribution < -0.4 is 5.32 Å². The van der Waals surface area contributed by atoms with Crippen molar-refractivity contribution in [2.24, 2.45) is 0 Å². The van der Waals surface area contributed by atoms with Gasteiger partial charge in [-0.15, -0.1) is 0 Å². The van der Waals surface area contributed by atoms with Crippen molar-refractivity contribution in [1.82, 2.24) is 0 Å². The number of anilines is 1. The molecule has 92 valence electrons. The van der Waals surface area contributed by atoms with Gasteiger partial charge in [-0.3, -0.25) is 0 Å². The van der Waals surface area contributed by atoms with Crippen molar-refractivity contribution in [1.29, 1.82) is 0 Å². The fourth-order valence-corrected chi connectivity index (χ4v) is 2.81. The standard InChI is InChI=1S/C16H16ClN/c1-11-3-2-4-13-9-14(10-18-16(11)13)12-5-7-15(17)8-6-12/h2-8,14,18H,9-10H2,1H3. The molecule has 1 aliphatic heterocycles. The Morgan fingerprint density at radius 3 is 2.67 bits per heavy atom. The lowest BCUT2D eigenvalue weighted by Crippen LogP contribution is -2.22. The van der Waals surface area contributed by atoms with Gasteiger partial charge >= 0.3 is 0 Å². The molecule has 3 rings (SSSR count). The van der Waals surface area contributed by atoms with Gasteiger partial charge in [0.15, 0.2) is 0 Å². The number of fused-ring (bicyclic) bond motifs is 1. The van der Waals surface area contributed by atoms with E-state index in [1.807, 2.05) is 12.1 Å². The van der Waals surface area contributed by atoms with E-state index in [2.05, 4.69) is 42.6 Å². The third kappa shape index (κ3) is 2.11. The van der Waals surface area contributed by atoms with Crippen LogP contribution in [0.15, 0.2) is 42.5 Å². The molecule has 0 amide bonds. The Bertz CT molecular complexity index is 560. The number of rotatable bonds is 1. The minimum absolute atomic E-state index is 0.538. The van der Waals surface area contributed by atoms with Crippen LogP contribution in [0.5, 0.6) is 0 Å². The Morgan fingerprint density at radius 1 is 1.11 bits per heavy atom. The average Bonchev–Trinajstić information content (AvgIpc) is 2.39. The maximum atomic E-state index is 5.94. The molecule has 1 aliphatic rings. The fraction of sp³-hybridized carbons (Fsp3) is 0.250. The Hall–Kier alpha value is -1.47. The zero-order chi connectivity index (χ0) is 12.5. The van der Waals surface area contributed by atoms with Crippen LogP contribution >= 0.6 is 11.6 Å². The number of hydrogen-bond acceptors (Lipinski definition) is 1. The van der Waals surface area contributed by atoms with Crippen LogP contribution in [-0.2, 0) is 6.42 Å². The fourth-order valence-electron chi connectivity index (χ4n) is 2.69. The summed E-state index contributed by atoms with van der Waals surface area (Å²) in [5.41, 5.74) is 5.44. The smallest absolute Gasteiger partial charge is 0.0406 e. The first kappa shape index (κ1) is 11.6. The van der Waals surface area contributed by atoms with Gasteiger partial charge in [0.05, 0.1) is 0 Å². The summed E-state index contributed by atoms with van der Waals surface area (Å²) in [6.07, 6.45) is 1.10. The normalized spacial score (nSPS) is 18.0. The molecule has 1 atom stereocenters. The molecular formula is C16H16ClN. The molecule has 2 heteroatoms. The first-order chi connectivity index (χ1) is 8.74. The first-order valence-corrected chi connectivity index (χ1v) is 6.69. The van der Waals surface area contributed by atoms with Crippen LogP contribution in [0.2, 0.25) is 5.02 Å². The average molecular weight is 258 g/mol. The quantitative estimate of drug-likeness (QED) is 0.798. The first-order valence-electron chi connectivity index (χ1n) is 6.32. The lowest BCUT2D eigenvalue weighted by molar-refractivity contribution is 0.694. The molecule has 1 heterocycles. The number of benzene rings is 2. The van der Waals surface area contributed by atoms with Crippen molar-refractivity contribution in [3.8, 4) is 0 Å². The molecule has 0 aromatic heterocycles. The molecular weight excluding hydrogens is 242 g/mol. The lowest BCUT2D eigenvalue weighted by atomic mass is 9.87. The molecule has 0 saturated carbocycles. The van der Waals surface area contributed by atoms with E-state index < -0.39 is 0 Å². The van der Waals surface area contributed by atoms with E-state index in [1.165, 1.54) is 22.4 Å². The zero-order valence-electron chi connectivity index (χ0n) is 10.4. The molecule has 1 unspecified atom stereocenters. The molecule has 1 nitrogen and oxygen atoms in total. The number of para-hydroxylation sites is 1. The summed E-state index contributed by atoms with van der Waals surface area (Å²) < 4.78 is 0. The van der Waals surface area contributed by atoms with Crippen molar-refractivity contribution >= 4 is 17.3 Å². The van der Waals surface area contributed by atoms with Gasteiger partial charge in [0.2, 0.25) is 0 Å². The molecule has 18 heavy (non-hydrogen) atoms. The molecule has 0 bridgehead atoms. The van der Waals surface area contributed by atoms with Crippen molar-refractivity contribution in [3.63, 3.8) is 0 Å². The Kier molecular flexibility index (Phi) is 3.00. The van der Waals surface area contributed by atoms with Crippen LogP contribution in [0.4, 0.5) is 5.69 Å². The molecule has 2 aromatic carbocycles. The highest BCUT2D eigenvalue weighted by molar-refractivity contribution is 6.30. The molecule has 1 N–H and O–H groups in total. The zero-order valence-corrected chi connectivity index (χ0v) is 11.2. The van der Waals surface area contributed by atoms with Gasteiger partial charge < -0.3 is 5.32 Å². The number of halogens is 1. The Morgan fingerprint density at radius 2 is 1.89 bits per heavy atom. The second kappa shape index (κ2) is 4.66. The summed E-state index contributed by atoms with van der Waals surface area (Å²) in [6, 6.07) is 14.7. The van der Waals surface area contributed by atoms with Crippen LogP contribution in [0, 0.1) is 6.92 Å². The van der Waals surface area contributed by atoms with E-state index in [-0.39, 0.29) is 0 Å². The third-order valence-electron chi connectivity index (χ3n) is 3.69. The van der Waals surface area contributed by atoms with Gasteiger partial charge in [0.1, 0.15) is 0 Å². The van der Waals surface area contributed by atoms with Crippen LogP contribution in [-0.4, -0.2) is 6.54 Å². The molecule has 0 saturated heterocycles. The van der Waals surface area contributed by atoms with Gasteiger partial charge in [0, 0.05) is 23.2 Å². The SMILES string of the molecule is Cc1cccc2c1NCC(c1ccc(Cl)cc1)C2. The van der Waals surface area contributed by atoms with Crippen molar-refractivity contribution in [2.45, 2.75) is 19.3 Å². The van der Waals surface area contributed by atoms with E-state index in [0.29, 0.717) is 5.92 Å². The molecule has 0 radical (unpaired) electrons. The molecule has 0 fully saturated rings. The van der Waals surface area contributed by atoms with E-state index in [1.54, 1.807) is 0 Å². The van der Waals surface area contributed by atoms with E-state index >= 15 is 0 Å².